The predicted molar refractivity (Wildman–Crippen MR) is 76.0 cm³/mol. The molecule has 0 fully saturated rings. The number of amides is 1. The summed E-state index contributed by atoms with van der Waals surface area (Å²) in [4.78, 5) is 22.1. The molecule has 0 saturated carbocycles. The molecule has 1 amide bonds. The van der Waals surface area contributed by atoms with Crippen molar-refractivity contribution < 1.29 is 19.4 Å². The van der Waals surface area contributed by atoms with E-state index in [9.17, 15) is 9.59 Å². The van der Waals surface area contributed by atoms with Gasteiger partial charge in [0.05, 0.1) is 0 Å². The molecule has 0 heterocycles. The Morgan fingerprint density at radius 3 is 2.55 bits per heavy atom. The van der Waals surface area contributed by atoms with Gasteiger partial charge in [0, 0.05) is 0 Å². The average molecular weight is 345 g/mol. The normalized spacial score (nSPS) is 11.7. The molecule has 7 heteroatoms. The van der Waals surface area contributed by atoms with Gasteiger partial charge in [-0.15, -0.1) is 0 Å². The Balaban J connectivity index is 2.13. The second-order valence-electron chi connectivity index (χ2n) is 4.02. The second kappa shape index (κ2) is 9.36. The number of carboxylic acid groups (broad SMARTS) is 1. The number of benzene rings is 1. The van der Waals surface area contributed by atoms with Gasteiger partial charge in [-0.1, -0.05) is 6.07 Å². The maximum atomic E-state index is 11.4. The number of rotatable bonds is 8. The summed E-state index contributed by atoms with van der Waals surface area (Å²) in [6, 6.07) is 8.75. The van der Waals surface area contributed by atoms with Gasteiger partial charge >= 0.3 is 119 Å². The van der Waals surface area contributed by atoms with E-state index in [1.807, 2.05) is 30.3 Å². The molecule has 1 atom stereocenters. The van der Waals surface area contributed by atoms with Crippen LogP contribution in [0.25, 0.3) is 0 Å². The van der Waals surface area contributed by atoms with E-state index in [1.165, 1.54) is 0 Å². The quantitative estimate of drug-likeness (QED) is 0.465. The van der Waals surface area contributed by atoms with Crippen LogP contribution in [0.1, 0.15) is 5.56 Å². The van der Waals surface area contributed by atoms with E-state index in [1.54, 1.807) is 0 Å². The Hall–Kier alpha value is -1.56. The zero-order valence-corrected chi connectivity index (χ0v) is 12.8. The second-order valence-corrected chi connectivity index (χ2v) is 4.78. The fourth-order valence-electron chi connectivity index (χ4n) is 1.42. The summed E-state index contributed by atoms with van der Waals surface area (Å²) in [5.41, 5.74) is 0.912. The zero-order valence-electron chi connectivity index (χ0n) is 10.9. The summed E-state index contributed by atoms with van der Waals surface area (Å²) in [6.45, 7) is 0.893. The molecule has 1 aromatic carbocycles. The Labute approximate surface area is 125 Å². The van der Waals surface area contributed by atoms with Gasteiger partial charge in [0.1, 0.15) is 0 Å². The van der Waals surface area contributed by atoms with E-state index < -0.39 is 18.1 Å². The molecular weight excluding hydrogens is 327 g/mol. The van der Waals surface area contributed by atoms with Gasteiger partial charge in [-0.05, 0) is 0 Å². The van der Waals surface area contributed by atoms with Gasteiger partial charge in [-0.25, -0.2) is 0 Å². The first-order chi connectivity index (χ1) is 9.63. The van der Waals surface area contributed by atoms with Crippen LogP contribution in [0.2, 0.25) is 5.32 Å². The van der Waals surface area contributed by atoms with E-state index in [0.717, 1.165) is 5.56 Å². The van der Waals surface area contributed by atoms with Gasteiger partial charge in [-0.2, -0.15) is 0 Å². The van der Waals surface area contributed by atoms with Gasteiger partial charge in [0.15, 0.2) is 0 Å². The summed E-state index contributed by atoms with van der Waals surface area (Å²) in [5.74, 6) is -0.905. The van der Waals surface area contributed by atoms with Crippen molar-refractivity contribution in [2.24, 2.45) is 0 Å². The van der Waals surface area contributed by atoms with Crippen molar-refractivity contribution in [2.75, 3.05) is 13.1 Å². The van der Waals surface area contributed by atoms with Crippen molar-refractivity contribution in [3.05, 3.63) is 35.9 Å². The molecule has 3 N–H and O–H groups in total. The van der Waals surface area contributed by atoms with Gasteiger partial charge in [-0.3, -0.25) is 0 Å². The van der Waals surface area contributed by atoms with E-state index in [4.69, 9.17) is 9.84 Å². The fourth-order valence-corrected chi connectivity index (χ4v) is 2.01. The molecule has 1 rings (SSSR count). The third kappa shape index (κ3) is 6.56. The number of nitrogens with one attached hydrogen (secondary N) is 2. The molecule has 1 aromatic rings. The maximum absolute atomic E-state index is 11.4. The van der Waals surface area contributed by atoms with Crippen LogP contribution in [0.15, 0.2) is 30.3 Å². The molecule has 0 aliphatic carbocycles. The van der Waals surface area contributed by atoms with Crippen molar-refractivity contribution >= 4 is 28.1 Å². The summed E-state index contributed by atoms with van der Waals surface area (Å²) in [5, 5.41) is 14.6. The molecular formula is C13H18N2O4Se. The molecule has 110 valence electrons. The SMILES string of the molecule is O=C(NCCN[C@@H](C[SeH])C(=O)O)OCc1ccccc1. The molecule has 0 spiro atoms. The third-order valence-corrected chi connectivity index (χ3v) is 3.24. The molecule has 0 aliphatic heterocycles. The molecule has 0 bridgehead atoms. The summed E-state index contributed by atoms with van der Waals surface area (Å²) in [7, 11) is 0. The Morgan fingerprint density at radius 1 is 1.25 bits per heavy atom. The number of carbonyl (C=O) groups is 2. The van der Waals surface area contributed by atoms with E-state index >= 15 is 0 Å². The molecule has 20 heavy (non-hydrogen) atoms. The van der Waals surface area contributed by atoms with Crippen LogP contribution in [-0.2, 0) is 16.1 Å². The van der Waals surface area contributed by atoms with Crippen molar-refractivity contribution in [2.45, 2.75) is 18.0 Å². The summed E-state index contributed by atoms with van der Waals surface area (Å²) >= 11 is 2.22. The third-order valence-electron chi connectivity index (χ3n) is 2.48. The minimum absolute atomic E-state index is 0.213. The molecule has 0 unspecified atom stereocenters. The van der Waals surface area contributed by atoms with Crippen molar-refractivity contribution in [3.63, 3.8) is 0 Å². The fraction of sp³-hybridized carbons (Fsp3) is 0.385. The van der Waals surface area contributed by atoms with Crippen molar-refractivity contribution in [3.8, 4) is 0 Å². The van der Waals surface area contributed by atoms with Crippen molar-refractivity contribution in [1.82, 2.24) is 10.6 Å². The number of alkyl carbamates (subject to hydrolysis) is 1. The topological polar surface area (TPSA) is 87.7 Å². The Morgan fingerprint density at radius 2 is 1.95 bits per heavy atom. The molecule has 0 radical (unpaired) electrons. The number of carbonyl (C=O) groups excluding carboxylic acids is 1. The Kier molecular flexibility index (Phi) is 7.72. The first-order valence-corrected chi connectivity index (χ1v) is 7.47. The van der Waals surface area contributed by atoms with Crippen LogP contribution in [0.4, 0.5) is 4.79 Å². The monoisotopic (exact) mass is 346 g/mol. The van der Waals surface area contributed by atoms with Gasteiger partial charge < -0.3 is 0 Å². The van der Waals surface area contributed by atoms with Crippen LogP contribution in [0.5, 0.6) is 0 Å². The zero-order chi connectivity index (χ0) is 14.8. The van der Waals surface area contributed by atoms with E-state index in [-0.39, 0.29) is 6.61 Å². The van der Waals surface area contributed by atoms with Crippen molar-refractivity contribution in [1.29, 1.82) is 0 Å². The minimum atomic E-state index is -0.905. The molecule has 0 saturated heterocycles. The number of carboxylic acids is 1. The number of hydrogen-bond donors (Lipinski definition) is 3. The number of aliphatic carboxylic acids is 1. The first kappa shape index (κ1) is 16.5. The number of ether oxygens (including phenoxy) is 1. The van der Waals surface area contributed by atoms with E-state index in [2.05, 4.69) is 26.6 Å². The standard InChI is InChI=1S/C13H18N2O4Se/c16-12(17)11(9-20)14-6-7-15-13(18)19-8-10-4-2-1-3-5-10/h1-5,11,14,20H,6-9H2,(H,15,18)(H,16,17)/t11-/m0/s1. The van der Waals surface area contributed by atoms with Gasteiger partial charge in [0.25, 0.3) is 0 Å². The average Bonchev–Trinajstić information content (AvgIpc) is 2.46. The Bertz CT molecular complexity index is 428. The van der Waals surface area contributed by atoms with Crippen LogP contribution in [0.3, 0.4) is 0 Å². The molecule has 0 aliphatic rings. The van der Waals surface area contributed by atoms with Crippen LogP contribution in [-0.4, -0.2) is 52.3 Å². The van der Waals surface area contributed by atoms with Crippen LogP contribution < -0.4 is 10.6 Å². The number of hydrogen-bond acceptors (Lipinski definition) is 4. The van der Waals surface area contributed by atoms with Gasteiger partial charge in [0.2, 0.25) is 0 Å². The molecule has 0 aromatic heterocycles. The summed E-state index contributed by atoms with van der Waals surface area (Å²) < 4.78 is 5.01. The summed E-state index contributed by atoms with van der Waals surface area (Å²) in [6.07, 6.45) is -0.519. The molecule has 6 nitrogen and oxygen atoms in total. The predicted octanol–water partition coefficient (Wildman–Crippen LogP) is 0.275. The first-order valence-electron chi connectivity index (χ1n) is 6.15. The van der Waals surface area contributed by atoms with Crippen LogP contribution in [0, 0.1) is 0 Å². The van der Waals surface area contributed by atoms with Crippen LogP contribution >= 0.6 is 0 Å². The van der Waals surface area contributed by atoms with E-state index in [0.29, 0.717) is 18.4 Å².